The molecule has 0 fully saturated rings. The van der Waals surface area contributed by atoms with Gasteiger partial charge < -0.3 is 9.67 Å². The zero-order valence-electron chi connectivity index (χ0n) is 11.0. The Kier molecular flexibility index (Phi) is 2.98. The van der Waals surface area contributed by atoms with Gasteiger partial charge >= 0.3 is 5.97 Å². The van der Waals surface area contributed by atoms with Gasteiger partial charge in [0.2, 0.25) is 0 Å². The Labute approximate surface area is 115 Å². The predicted molar refractivity (Wildman–Crippen MR) is 72.9 cm³/mol. The van der Waals surface area contributed by atoms with Crippen molar-refractivity contribution in [2.75, 3.05) is 0 Å². The van der Waals surface area contributed by atoms with Crippen LogP contribution in [-0.2, 0) is 13.0 Å². The number of pyridine rings is 1. The second-order valence-electron chi connectivity index (χ2n) is 4.53. The summed E-state index contributed by atoms with van der Waals surface area (Å²) in [7, 11) is 0. The van der Waals surface area contributed by atoms with Crippen molar-refractivity contribution in [3.8, 4) is 0 Å². The molecule has 0 amide bonds. The molecule has 0 aliphatic heterocycles. The van der Waals surface area contributed by atoms with E-state index in [0.29, 0.717) is 6.42 Å². The number of imidazole rings is 1. The summed E-state index contributed by atoms with van der Waals surface area (Å²) in [5.41, 5.74) is 2.03. The topological polar surface area (TPSA) is 72.4 Å². The number of aromatic nitrogens is 4. The molecular weight excluding hydrogens is 256 g/mol. The van der Waals surface area contributed by atoms with E-state index in [9.17, 15) is 4.79 Å². The molecule has 0 spiro atoms. The molecule has 0 aliphatic rings. The zero-order chi connectivity index (χ0) is 14.1. The number of aromatic carboxylic acids is 1. The molecule has 3 heterocycles. The monoisotopic (exact) mass is 270 g/mol. The highest BCUT2D eigenvalue weighted by Gasteiger charge is 2.11. The van der Waals surface area contributed by atoms with Gasteiger partial charge in [0, 0.05) is 37.1 Å². The Hall–Kier alpha value is -2.63. The van der Waals surface area contributed by atoms with Crippen molar-refractivity contribution in [3.63, 3.8) is 0 Å². The molecule has 0 aromatic carbocycles. The van der Waals surface area contributed by atoms with E-state index in [1.165, 1.54) is 0 Å². The van der Waals surface area contributed by atoms with Crippen molar-refractivity contribution in [2.45, 2.75) is 19.9 Å². The van der Waals surface area contributed by atoms with E-state index in [4.69, 9.17) is 5.11 Å². The molecule has 3 rings (SSSR count). The molecular formula is C14H14N4O2. The average Bonchev–Trinajstić information content (AvgIpc) is 3.05. The first-order valence-electron chi connectivity index (χ1n) is 6.38. The molecule has 3 aromatic rings. The van der Waals surface area contributed by atoms with Crippen molar-refractivity contribution in [2.24, 2.45) is 0 Å². The average molecular weight is 270 g/mol. The Morgan fingerprint density at radius 1 is 1.40 bits per heavy atom. The minimum absolute atomic E-state index is 0.262. The number of carboxylic acid groups (broad SMARTS) is 1. The van der Waals surface area contributed by atoms with Gasteiger partial charge in [-0.25, -0.2) is 14.3 Å². The number of carboxylic acids is 1. The lowest BCUT2D eigenvalue weighted by molar-refractivity contribution is 0.0697. The molecule has 3 aromatic heterocycles. The van der Waals surface area contributed by atoms with E-state index < -0.39 is 5.97 Å². The van der Waals surface area contributed by atoms with Gasteiger partial charge in [-0.3, -0.25) is 0 Å². The SMILES string of the molecule is CCn1ccnc1Cc1cnn2ccc(C(=O)O)cc12. The van der Waals surface area contributed by atoms with Crippen LogP contribution in [0, 0.1) is 0 Å². The van der Waals surface area contributed by atoms with Crippen LogP contribution >= 0.6 is 0 Å². The van der Waals surface area contributed by atoms with Gasteiger partial charge in [0.05, 0.1) is 17.3 Å². The number of nitrogens with zero attached hydrogens (tertiary/aromatic N) is 4. The minimum Gasteiger partial charge on any atom is -0.478 e. The fraction of sp³-hybridized carbons (Fsp3) is 0.214. The molecule has 6 heteroatoms. The fourth-order valence-electron chi connectivity index (χ4n) is 2.27. The van der Waals surface area contributed by atoms with Crippen LogP contribution < -0.4 is 0 Å². The van der Waals surface area contributed by atoms with E-state index in [2.05, 4.69) is 21.6 Å². The van der Waals surface area contributed by atoms with Crippen molar-refractivity contribution in [1.29, 1.82) is 0 Å². The van der Waals surface area contributed by atoms with Crippen LogP contribution in [0.25, 0.3) is 5.52 Å². The molecule has 6 nitrogen and oxygen atoms in total. The van der Waals surface area contributed by atoms with Crippen molar-refractivity contribution < 1.29 is 9.90 Å². The highest BCUT2D eigenvalue weighted by Crippen LogP contribution is 2.16. The predicted octanol–water partition coefficient (Wildman–Crippen LogP) is 1.84. The van der Waals surface area contributed by atoms with Gasteiger partial charge in [0.25, 0.3) is 0 Å². The van der Waals surface area contributed by atoms with E-state index in [1.807, 2.05) is 6.20 Å². The molecule has 0 aliphatic carbocycles. The highest BCUT2D eigenvalue weighted by atomic mass is 16.4. The van der Waals surface area contributed by atoms with Crippen LogP contribution in [0.2, 0.25) is 0 Å². The number of rotatable bonds is 4. The molecule has 102 valence electrons. The summed E-state index contributed by atoms with van der Waals surface area (Å²) < 4.78 is 3.74. The molecule has 0 saturated carbocycles. The lowest BCUT2D eigenvalue weighted by atomic mass is 10.1. The number of hydrogen-bond acceptors (Lipinski definition) is 3. The van der Waals surface area contributed by atoms with Crippen LogP contribution in [0.4, 0.5) is 0 Å². The number of hydrogen-bond donors (Lipinski definition) is 1. The third kappa shape index (κ3) is 2.05. The second-order valence-corrected chi connectivity index (χ2v) is 4.53. The van der Waals surface area contributed by atoms with Crippen LogP contribution in [0.1, 0.15) is 28.7 Å². The molecule has 0 atom stereocenters. The quantitative estimate of drug-likeness (QED) is 0.785. The third-order valence-electron chi connectivity index (χ3n) is 3.34. The number of aryl methyl sites for hydroxylation is 1. The normalized spacial score (nSPS) is 11.1. The number of carbonyl (C=O) groups is 1. The van der Waals surface area contributed by atoms with Gasteiger partial charge in [0.1, 0.15) is 5.82 Å². The molecule has 0 unspecified atom stereocenters. The van der Waals surface area contributed by atoms with Gasteiger partial charge in [-0.2, -0.15) is 5.10 Å². The maximum absolute atomic E-state index is 11.0. The van der Waals surface area contributed by atoms with E-state index in [1.54, 1.807) is 35.2 Å². The maximum atomic E-state index is 11.0. The summed E-state index contributed by atoms with van der Waals surface area (Å²) in [4.78, 5) is 15.4. The standard InChI is InChI=1S/C14H14N4O2/c1-2-17-6-4-15-13(17)8-11-9-16-18-5-3-10(14(19)20)7-12(11)18/h3-7,9H,2,8H2,1H3,(H,19,20). The van der Waals surface area contributed by atoms with Crippen LogP contribution in [0.15, 0.2) is 36.9 Å². The Bertz CT molecular complexity index is 772. The summed E-state index contributed by atoms with van der Waals surface area (Å²) >= 11 is 0. The van der Waals surface area contributed by atoms with Crippen molar-refractivity contribution >= 4 is 11.5 Å². The Morgan fingerprint density at radius 3 is 3.00 bits per heavy atom. The maximum Gasteiger partial charge on any atom is 0.335 e. The first-order chi connectivity index (χ1) is 9.69. The second kappa shape index (κ2) is 4.80. The molecule has 0 saturated heterocycles. The molecule has 20 heavy (non-hydrogen) atoms. The van der Waals surface area contributed by atoms with E-state index in [-0.39, 0.29) is 5.56 Å². The summed E-state index contributed by atoms with van der Waals surface area (Å²) in [5, 5.41) is 13.3. The van der Waals surface area contributed by atoms with E-state index in [0.717, 1.165) is 23.4 Å². The first kappa shape index (κ1) is 12.4. The van der Waals surface area contributed by atoms with Crippen LogP contribution in [0.3, 0.4) is 0 Å². The Balaban J connectivity index is 2.03. The molecule has 0 bridgehead atoms. The summed E-state index contributed by atoms with van der Waals surface area (Å²) in [6.07, 6.45) is 7.76. The fourth-order valence-corrected chi connectivity index (χ4v) is 2.27. The van der Waals surface area contributed by atoms with Crippen molar-refractivity contribution in [1.82, 2.24) is 19.2 Å². The third-order valence-corrected chi connectivity index (χ3v) is 3.34. The van der Waals surface area contributed by atoms with Gasteiger partial charge in [0.15, 0.2) is 0 Å². The summed E-state index contributed by atoms with van der Waals surface area (Å²) in [5.74, 6) is 0.0119. The van der Waals surface area contributed by atoms with Crippen molar-refractivity contribution in [3.05, 3.63) is 53.9 Å². The lowest BCUT2D eigenvalue weighted by Gasteiger charge is -2.04. The van der Waals surface area contributed by atoms with Gasteiger partial charge in [-0.05, 0) is 19.1 Å². The minimum atomic E-state index is -0.935. The largest absolute Gasteiger partial charge is 0.478 e. The Morgan fingerprint density at radius 2 is 2.25 bits per heavy atom. The smallest absolute Gasteiger partial charge is 0.335 e. The van der Waals surface area contributed by atoms with E-state index >= 15 is 0 Å². The van der Waals surface area contributed by atoms with Gasteiger partial charge in [-0.15, -0.1) is 0 Å². The number of fused-ring (bicyclic) bond motifs is 1. The molecule has 0 radical (unpaired) electrons. The lowest BCUT2D eigenvalue weighted by Crippen LogP contribution is -2.02. The van der Waals surface area contributed by atoms with Gasteiger partial charge in [-0.1, -0.05) is 0 Å². The van der Waals surface area contributed by atoms with Crippen LogP contribution in [0.5, 0.6) is 0 Å². The van der Waals surface area contributed by atoms with Crippen LogP contribution in [-0.4, -0.2) is 30.2 Å². The zero-order valence-corrected chi connectivity index (χ0v) is 11.0. The highest BCUT2D eigenvalue weighted by molar-refractivity contribution is 5.89. The summed E-state index contributed by atoms with van der Waals surface area (Å²) in [6.45, 7) is 2.92. The first-order valence-corrected chi connectivity index (χ1v) is 6.38. The summed E-state index contributed by atoms with van der Waals surface area (Å²) in [6, 6.07) is 3.18. The molecule has 1 N–H and O–H groups in total.